The molecule has 0 aliphatic carbocycles. The zero-order chi connectivity index (χ0) is 14.8. The molecule has 20 heavy (non-hydrogen) atoms. The Hall–Kier alpha value is -1.58. The van der Waals surface area contributed by atoms with Crippen molar-refractivity contribution in [2.24, 2.45) is 0 Å². The first-order chi connectivity index (χ1) is 9.38. The Balaban J connectivity index is 2.35. The minimum atomic E-state index is -0.754. The van der Waals surface area contributed by atoms with Gasteiger partial charge in [0, 0.05) is 17.4 Å². The molecule has 0 bridgehead atoms. The summed E-state index contributed by atoms with van der Waals surface area (Å²) in [7, 11) is 0. The third-order valence-corrected chi connectivity index (χ3v) is 3.32. The molecule has 0 saturated heterocycles. The molecule has 0 aliphatic heterocycles. The van der Waals surface area contributed by atoms with Gasteiger partial charge in [-0.25, -0.2) is 0 Å². The molecule has 2 aromatic rings. The van der Waals surface area contributed by atoms with Crippen LogP contribution < -0.4 is 4.74 Å². The van der Waals surface area contributed by atoms with Crippen LogP contribution in [0.25, 0.3) is 10.8 Å². The molecule has 1 unspecified atom stereocenters. The van der Waals surface area contributed by atoms with E-state index in [1.165, 1.54) is 0 Å². The first-order valence-electron chi connectivity index (χ1n) is 6.93. The molecule has 2 aromatic carbocycles. The molecular formula is C17H22O3. The zero-order valence-electron chi connectivity index (χ0n) is 12.3. The smallest absolute Gasteiger partial charge is 0.132 e. The molecule has 108 valence electrons. The van der Waals surface area contributed by atoms with Gasteiger partial charge in [0.15, 0.2) is 0 Å². The predicted octanol–water partition coefficient (Wildman–Crippen LogP) is 3.43. The minimum absolute atomic E-state index is 0.414. The Labute approximate surface area is 119 Å². The van der Waals surface area contributed by atoms with Crippen molar-refractivity contribution in [3.63, 3.8) is 0 Å². The molecular weight excluding hydrogens is 252 g/mol. The Kier molecular flexibility index (Phi) is 4.31. The number of aliphatic hydroxyl groups excluding tert-OH is 1. The second-order valence-corrected chi connectivity index (χ2v) is 5.79. The summed E-state index contributed by atoms with van der Waals surface area (Å²) in [6.45, 7) is 5.66. The van der Waals surface area contributed by atoms with E-state index in [0.29, 0.717) is 18.8 Å². The lowest BCUT2D eigenvalue weighted by Crippen LogP contribution is -2.22. The van der Waals surface area contributed by atoms with Gasteiger partial charge in [-0.2, -0.15) is 0 Å². The molecule has 0 fully saturated rings. The van der Waals surface area contributed by atoms with Crippen LogP contribution in [0.1, 0.15) is 38.9 Å². The number of hydrogen-bond acceptors (Lipinski definition) is 3. The van der Waals surface area contributed by atoms with Crippen LogP contribution in [0.2, 0.25) is 0 Å². The van der Waals surface area contributed by atoms with Gasteiger partial charge in [-0.05, 0) is 26.2 Å². The van der Waals surface area contributed by atoms with Gasteiger partial charge >= 0.3 is 0 Å². The molecule has 0 heterocycles. The fraction of sp³-hybridized carbons (Fsp3) is 0.412. The van der Waals surface area contributed by atoms with E-state index in [1.54, 1.807) is 20.8 Å². The van der Waals surface area contributed by atoms with Gasteiger partial charge in [0.2, 0.25) is 0 Å². The van der Waals surface area contributed by atoms with E-state index in [2.05, 4.69) is 0 Å². The molecule has 0 aromatic heterocycles. The highest BCUT2D eigenvalue weighted by Gasteiger charge is 2.16. The molecule has 2 rings (SSSR count). The van der Waals surface area contributed by atoms with Gasteiger partial charge in [-0.15, -0.1) is 0 Å². The van der Waals surface area contributed by atoms with E-state index in [9.17, 15) is 10.2 Å². The average molecular weight is 274 g/mol. The molecule has 0 aliphatic rings. The monoisotopic (exact) mass is 274 g/mol. The SMILES string of the molecule is CC(O)c1ccc2ccccc2c1OCCC(C)(C)O. The van der Waals surface area contributed by atoms with Gasteiger partial charge < -0.3 is 14.9 Å². The third-order valence-electron chi connectivity index (χ3n) is 3.32. The zero-order valence-corrected chi connectivity index (χ0v) is 12.3. The Morgan fingerprint density at radius 3 is 2.50 bits per heavy atom. The summed E-state index contributed by atoms with van der Waals surface area (Å²) in [6.07, 6.45) is -0.0492. The maximum absolute atomic E-state index is 9.89. The maximum Gasteiger partial charge on any atom is 0.132 e. The highest BCUT2D eigenvalue weighted by atomic mass is 16.5. The van der Waals surface area contributed by atoms with E-state index in [1.807, 2.05) is 36.4 Å². The quantitative estimate of drug-likeness (QED) is 0.878. The van der Waals surface area contributed by atoms with Crippen LogP contribution in [0.4, 0.5) is 0 Å². The lowest BCUT2D eigenvalue weighted by atomic mass is 10.0. The Morgan fingerprint density at radius 2 is 1.85 bits per heavy atom. The standard InChI is InChI=1S/C17H22O3/c1-12(18)14-9-8-13-6-4-5-7-15(13)16(14)20-11-10-17(2,3)19/h4-9,12,18-19H,10-11H2,1-3H3. The number of ether oxygens (including phenoxy) is 1. The maximum atomic E-state index is 9.89. The fourth-order valence-electron chi connectivity index (χ4n) is 2.15. The van der Waals surface area contributed by atoms with Crippen molar-refractivity contribution in [1.82, 2.24) is 0 Å². The van der Waals surface area contributed by atoms with Crippen molar-refractivity contribution >= 4 is 10.8 Å². The predicted molar refractivity (Wildman–Crippen MR) is 81.0 cm³/mol. The molecule has 0 spiro atoms. The fourth-order valence-corrected chi connectivity index (χ4v) is 2.15. The molecule has 0 radical (unpaired) electrons. The van der Waals surface area contributed by atoms with E-state index in [4.69, 9.17) is 4.74 Å². The lowest BCUT2D eigenvalue weighted by Gasteiger charge is -2.20. The second kappa shape index (κ2) is 5.81. The molecule has 3 heteroatoms. The lowest BCUT2D eigenvalue weighted by molar-refractivity contribution is 0.0550. The van der Waals surface area contributed by atoms with Crippen LogP contribution in [0.3, 0.4) is 0 Å². The van der Waals surface area contributed by atoms with Crippen LogP contribution >= 0.6 is 0 Å². The van der Waals surface area contributed by atoms with Gasteiger partial charge in [0.1, 0.15) is 5.75 Å². The van der Waals surface area contributed by atoms with Crippen molar-refractivity contribution < 1.29 is 14.9 Å². The molecule has 2 N–H and O–H groups in total. The van der Waals surface area contributed by atoms with E-state index >= 15 is 0 Å². The Bertz CT molecular complexity index is 582. The van der Waals surface area contributed by atoms with Crippen molar-refractivity contribution in [2.75, 3.05) is 6.61 Å². The average Bonchev–Trinajstić information content (AvgIpc) is 2.37. The first-order valence-corrected chi connectivity index (χ1v) is 6.93. The summed E-state index contributed by atoms with van der Waals surface area (Å²) in [5.41, 5.74) is 0.0229. The van der Waals surface area contributed by atoms with Gasteiger partial charge in [0.25, 0.3) is 0 Å². The van der Waals surface area contributed by atoms with E-state index in [-0.39, 0.29) is 0 Å². The summed E-state index contributed by atoms with van der Waals surface area (Å²) >= 11 is 0. The number of aliphatic hydroxyl groups is 2. The van der Waals surface area contributed by atoms with E-state index in [0.717, 1.165) is 16.3 Å². The van der Waals surface area contributed by atoms with Crippen molar-refractivity contribution in [3.8, 4) is 5.75 Å². The third kappa shape index (κ3) is 3.50. The summed E-state index contributed by atoms with van der Waals surface area (Å²) in [4.78, 5) is 0. The van der Waals surface area contributed by atoms with Crippen molar-refractivity contribution in [2.45, 2.75) is 38.9 Å². The first kappa shape index (κ1) is 14.8. The Morgan fingerprint density at radius 1 is 1.15 bits per heavy atom. The number of fused-ring (bicyclic) bond motifs is 1. The number of rotatable bonds is 5. The highest BCUT2D eigenvalue weighted by Crippen LogP contribution is 2.33. The minimum Gasteiger partial charge on any atom is -0.492 e. The number of benzene rings is 2. The van der Waals surface area contributed by atoms with Gasteiger partial charge in [-0.1, -0.05) is 36.4 Å². The van der Waals surface area contributed by atoms with Crippen LogP contribution in [0, 0.1) is 0 Å². The topological polar surface area (TPSA) is 49.7 Å². The highest BCUT2D eigenvalue weighted by molar-refractivity contribution is 5.89. The van der Waals surface area contributed by atoms with Crippen LogP contribution in [0.15, 0.2) is 36.4 Å². The summed E-state index contributed by atoms with van der Waals surface area (Å²) in [6, 6.07) is 11.8. The summed E-state index contributed by atoms with van der Waals surface area (Å²) < 4.78 is 5.87. The summed E-state index contributed by atoms with van der Waals surface area (Å²) in [5.74, 6) is 0.711. The molecule has 3 nitrogen and oxygen atoms in total. The van der Waals surface area contributed by atoms with Crippen molar-refractivity contribution in [3.05, 3.63) is 42.0 Å². The van der Waals surface area contributed by atoms with Gasteiger partial charge in [0.05, 0.1) is 18.3 Å². The normalized spacial score (nSPS) is 13.4. The van der Waals surface area contributed by atoms with Crippen molar-refractivity contribution in [1.29, 1.82) is 0 Å². The van der Waals surface area contributed by atoms with Crippen LogP contribution in [-0.2, 0) is 0 Å². The molecule has 1 atom stereocenters. The molecule has 0 amide bonds. The van der Waals surface area contributed by atoms with E-state index < -0.39 is 11.7 Å². The molecule has 0 saturated carbocycles. The van der Waals surface area contributed by atoms with Gasteiger partial charge in [-0.3, -0.25) is 0 Å². The number of hydrogen-bond donors (Lipinski definition) is 2. The van der Waals surface area contributed by atoms with Crippen LogP contribution in [0.5, 0.6) is 5.75 Å². The largest absolute Gasteiger partial charge is 0.492 e. The second-order valence-electron chi connectivity index (χ2n) is 5.79. The summed E-state index contributed by atoms with van der Waals surface area (Å²) in [5, 5.41) is 21.7. The van der Waals surface area contributed by atoms with Crippen LogP contribution in [-0.4, -0.2) is 22.4 Å².